The van der Waals surface area contributed by atoms with Crippen LogP contribution in [0.4, 0.5) is 11.5 Å². The molecule has 0 spiro atoms. The Morgan fingerprint density at radius 2 is 1.69 bits per heavy atom. The van der Waals surface area contributed by atoms with Crippen LogP contribution in [0.5, 0.6) is 0 Å². The summed E-state index contributed by atoms with van der Waals surface area (Å²) in [5.74, 6) is 3.61. The summed E-state index contributed by atoms with van der Waals surface area (Å²) in [6.45, 7) is 2.23. The standard InChI is InChI=1S/C24H32N4S/c1-2-3-4-17-5-7-21(8-6-17)25-23(29)26-22-9-10-28(27-22)24-14-18-11-19(15-24)13-20(12-18)16-24/h5-10,18-20H,2-4,11-16H2,1H3,(H2,25,26,27,29). The molecule has 2 aromatic rings. The normalized spacial score (nSPS) is 29.8. The number of aromatic nitrogens is 2. The first kappa shape index (κ1) is 19.1. The van der Waals surface area contributed by atoms with Gasteiger partial charge in [0.15, 0.2) is 10.9 Å². The second-order valence-corrected chi connectivity index (χ2v) is 10.1. The molecule has 4 bridgehead atoms. The van der Waals surface area contributed by atoms with Crippen molar-refractivity contribution in [1.29, 1.82) is 0 Å². The first-order valence-electron chi connectivity index (χ1n) is 11.3. The molecule has 5 heteroatoms. The number of thiocarbonyl (C=S) groups is 1. The van der Waals surface area contributed by atoms with Crippen LogP contribution in [0.2, 0.25) is 0 Å². The highest BCUT2D eigenvalue weighted by molar-refractivity contribution is 7.80. The number of nitrogens with one attached hydrogen (secondary N) is 2. The largest absolute Gasteiger partial charge is 0.332 e. The van der Waals surface area contributed by atoms with Gasteiger partial charge in [-0.05, 0) is 99.0 Å². The molecule has 4 saturated carbocycles. The predicted molar refractivity (Wildman–Crippen MR) is 123 cm³/mol. The van der Waals surface area contributed by atoms with Crippen LogP contribution in [0.15, 0.2) is 36.5 Å². The van der Waals surface area contributed by atoms with Crippen LogP contribution in [-0.2, 0) is 12.0 Å². The van der Waals surface area contributed by atoms with Crippen molar-refractivity contribution < 1.29 is 0 Å². The van der Waals surface area contributed by atoms with Gasteiger partial charge in [0, 0.05) is 18.0 Å². The van der Waals surface area contributed by atoms with Crippen LogP contribution in [0.25, 0.3) is 0 Å². The second kappa shape index (κ2) is 7.75. The fraction of sp³-hybridized carbons (Fsp3) is 0.583. The van der Waals surface area contributed by atoms with Gasteiger partial charge in [0.05, 0.1) is 5.54 Å². The number of hydrogen-bond donors (Lipinski definition) is 2. The summed E-state index contributed by atoms with van der Waals surface area (Å²) in [6, 6.07) is 10.6. The van der Waals surface area contributed by atoms with Crippen molar-refractivity contribution in [2.24, 2.45) is 17.8 Å². The Labute approximate surface area is 179 Å². The molecule has 1 aromatic heterocycles. The molecule has 2 N–H and O–H groups in total. The molecule has 154 valence electrons. The molecule has 1 aromatic carbocycles. The van der Waals surface area contributed by atoms with Gasteiger partial charge in [-0.3, -0.25) is 4.68 Å². The summed E-state index contributed by atoms with van der Waals surface area (Å²) in [7, 11) is 0. The van der Waals surface area contributed by atoms with Crippen molar-refractivity contribution in [3.05, 3.63) is 42.1 Å². The molecule has 0 radical (unpaired) electrons. The molecule has 1 heterocycles. The average molecular weight is 409 g/mol. The van der Waals surface area contributed by atoms with Crippen molar-refractivity contribution in [2.45, 2.75) is 70.3 Å². The van der Waals surface area contributed by atoms with Crippen molar-refractivity contribution in [3.8, 4) is 0 Å². The maximum Gasteiger partial charge on any atom is 0.176 e. The summed E-state index contributed by atoms with van der Waals surface area (Å²) in [4.78, 5) is 0. The summed E-state index contributed by atoms with van der Waals surface area (Å²) >= 11 is 5.53. The monoisotopic (exact) mass is 408 g/mol. The summed E-state index contributed by atoms with van der Waals surface area (Å²) < 4.78 is 2.27. The highest BCUT2D eigenvalue weighted by atomic mass is 32.1. The van der Waals surface area contributed by atoms with Gasteiger partial charge >= 0.3 is 0 Å². The number of rotatable bonds is 6. The van der Waals surface area contributed by atoms with E-state index in [4.69, 9.17) is 17.3 Å². The van der Waals surface area contributed by atoms with Gasteiger partial charge in [0.2, 0.25) is 0 Å². The first-order chi connectivity index (χ1) is 14.1. The molecule has 4 nitrogen and oxygen atoms in total. The van der Waals surface area contributed by atoms with Crippen LogP contribution < -0.4 is 10.6 Å². The average Bonchev–Trinajstić information content (AvgIpc) is 3.16. The highest BCUT2D eigenvalue weighted by Crippen LogP contribution is 2.58. The third-order valence-corrected chi connectivity index (χ3v) is 7.56. The number of aryl methyl sites for hydroxylation is 1. The van der Waals surface area contributed by atoms with Gasteiger partial charge in [-0.2, -0.15) is 5.10 Å². The maximum atomic E-state index is 5.53. The Balaban J connectivity index is 1.21. The Hall–Kier alpha value is -1.88. The first-order valence-corrected chi connectivity index (χ1v) is 11.8. The number of unbranched alkanes of at least 4 members (excludes halogenated alkanes) is 1. The van der Waals surface area contributed by atoms with E-state index in [9.17, 15) is 0 Å². The molecule has 4 aliphatic rings. The summed E-state index contributed by atoms with van der Waals surface area (Å²) in [6.07, 6.45) is 14.1. The molecular formula is C24H32N4S. The summed E-state index contributed by atoms with van der Waals surface area (Å²) in [5.41, 5.74) is 2.66. The lowest BCUT2D eigenvalue weighted by molar-refractivity contribution is -0.0492. The fourth-order valence-corrected chi connectivity index (χ4v) is 6.64. The number of hydrogen-bond acceptors (Lipinski definition) is 2. The molecule has 0 saturated heterocycles. The highest BCUT2D eigenvalue weighted by Gasteiger charge is 2.52. The lowest BCUT2D eigenvalue weighted by Gasteiger charge is -2.56. The molecule has 0 unspecified atom stereocenters. The van der Waals surface area contributed by atoms with Gasteiger partial charge in [-0.25, -0.2) is 0 Å². The van der Waals surface area contributed by atoms with Gasteiger partial charge < -0.3 is 10.6 Å². The van der Waals surface area contributed by atoms with Crippen molar-refractivity contribution in [2.75, 3.05) is 10.6 Å². The molecule has 4 fully saturated rings. The van der Waals surface area contributed by atoms with Crippen LogP contribution >= 0.6 is 12.2 Å². The third-order valence-electron chi connectivity index (χ3n) is 7.35. The number of benzene rings is 1. The second-order valence-electron chi connectivity index (χ2n) is 9.67. The van der Waals surface area contributed by atoms with E-state index < -0.39 is 0 Å². The lowest BCUT2D eigenvalue weighted by atomic mass is 9.53. The van der Waals surface area contributed by atoms with E-state index in [1.165, 1.54) is 56.9 Å². The molecule has 0 amide bonds. The van der Waals surface area contributed by atoms with Crippen molar-refractivity contribution >= 4 is 28.8 Å². The Morgan fingerprint density at radius 3 is 2.31 bits per heavy atom. The van der Waals surface area contributed by atoms with Crippen LogP contribution in [0.1, 0.15) is 63.9 Å². The zero-order valence-electron chi connectivity index (χ0n) is 17.4. The molecule has 0 aliphatic heterocycles. The van der Waals surface area contributed by atoms with Crippen LogP contribution in [0, 0.1) is 17.8 Å². The Bertz CT molecular complexity index is 834. The molecule has 0 atom stereocenters. The van der Waals surface area contributed by atoms with Gasteiger partial charge in [-0.15, -0.1) is 0 Å². The van der Waals surface area contributed by atoms with E-state index in [-0.39, 0.29) is 5.54 Å². The van der Waals surface area contributed by atoms with E-state index in [0.717, 1.165) is 35.7 Å². The molecule has 29 heavy (non-hydrogen) atoms. The minimum absolute atomic E-state index is 0.262. The van der Waals surface area contributed by atoms with E-state index in [2.05, 4.69) is 58.8 Å². The van der Waals surface area contributed by atoms with Crippen LogP contribution in [-0.4, -0.2) is 14.9 Å². The van der Waals surface area contributed by atoms with E-state index in [1.807, 2.05) is 0 Å². The predicted octanol–water partition coefficient (Wildman–Crippen LogP) is 5.96. The fourth-order valence-electron chi connectivity index (χ4n) is 6.41. The zero-order valence-corrected chi connectivity index (χ0v) is 18.2. The van der Waals surface area contributed by atoms with Crippen LogP contribution in [0.3, 0.4) is 0 Å². The Morgan fingerprint density at radius 1 is 1.03 bits per heavy atom. The van der Waals surface area contributed by atoms with Gasteiger partial charge in [0.1, 0.15) is 0 Å². The molecular weight excluding hydrogens is 376 g/mol. The maximum absolute atomic E-state index is 5.53. The third kappa shape index (κ3) is 3.94. The van der Waals surface area contributed by atoms with E-state index in [1.54, 1.807) is 0 Å². The van der Waals surface area contributed by atoms with Gasteiger partial charge in [-0.1, -0.05) is 25.5 Å². The summed E-state index contributed by atoms with van der Waals surface area (Å²) in [5, 5.41) is 12.1. The topological polar surface area (TPSA) is 41.9 Å². The van der Waals surface area contributed by atoms with Crippen molar-refractivity contribution in [3.63, 3.8) is 0 Å². The zero-order chi connectivity index (χ0) is 19.8. The molecule has 6 rings (SSSR count). The van der Waals surface area contributed by atoms with Gasteiger partial charge in [0.25, 0.3) is 0 Å². The minimum atomic E-state index is 0.262. The Kier molecular flexibility index (Phi) is 5.10. The lowest BCUT2D eigenvalue weighted by Crippen LogP contribution is -2.52. The SMILES string of the molecule is CCCCc1ccc(NC(=S)Nc2ccn(C34CC5CC(CC(C5)C3)C4)n2)cc1. The molecule has 4 aliphatic carbocycles. The quantitative estimate of drug-likeness (QED) is 0.579. The van der Waals surface area contributed by atoms with E-state index in [0.29, 0.717) is 5.11 Å². The smallest absolute Gasteiger partial charge is 0.176 e. The minimum Gasteiger partial charge on any atom is -0.332 e. The number of anilines is 2. The van der Waals surface area contributed by atoms with E-state index >= 15 is 0 Å². The number of nitrogens with zero attached hydrogens (tertiary/aromatic N) is 2. The van der Waals surface area contributed by atoms with Crippen molar-refractivity contribution in [1.82, 2.24) is 9.78 Å².